The van der Waals surface area contributed by atoms with Gasteiger partial charge in [0.05, 0.1) is 11.1 Å². The molecule has 3 atom stereocenters. The summed E-state index contributed by atoms with van der Waals surface area (Å²) in [5, 5.41) is 16.4. The first-order chi connectivity index (χ1) is 12.5. The number of nitrogens with one attached hydrogen (secondary N) is 1. The topological polar surface area (TPSA) is 101 Å². The Balaban J connectivity index is 1.44. The number of aliphatic carboxylic acids is 1. The van der Waals surface area contributed by atoms with Crippen LogP contribution >= 0.6 is 0 Å². The van der Waals surface area contributed by atoms with Crippen LogP contribution < -0.4 is 10.9 Å². The standard InChI is InChI=1S/C19H19N3O4/c23-16(20-14-8-13-9-19(13,10-14)18(25)26)11-22-17(24)7-6-15(21-22)12-4-2-1-3-5-12/h1-7,13-14H,8-11H2,(H,20,23)(H,25,26)/t13-,14+,19+/m1/s1. The third-order valence-electron chi connectivity index (χ3n) is 5.43. The zero-order valence-corrected chi connectivity index (χ0v) is 14.1. The second-order valence-electron chi connectivity index (χ2n) is 7.15. The molecule has 2 aromatic rings. The molecule has 7 nitrogen and oxygen atoms in total. The number of hydrogen-bond acceptors (Lipinski definition) is 4. The van der Waals surface area contributed by atoms with Crippen LogP contribution in [0.3, 0.4) is 0 Å². The highest BCUT2D eigenvalue weighted by Gasteiger charge is 2.65. The Hall–Kier alpha value is -2.96. The van der Waals surface area contributed by atoms with Crippen molar-refractivity contribution in [3.8, 4) is 11.3 Å². The first-order valence-electron chi connectivity index (χ1n) is 8.64. The van der Waals surface area contributed by atoms with E-state index in [0.717, 1.165) is 10.2 Å². The molecule has 7 heteroatoms. The lowest BCUT2D eigenvalue weighted by atomic mass is 10.0. The highest BCUT2D eigenvalue weighted by Crippen LogP contribution is 2.63. The molecule has 0 unspecified atom stereocenters. The van der Waals surface area contributed by atoms with Crippen molar-refractivity contribution < 1.29 is 14.7 Å². The summed E-state index contributed by atoms with van der Waals surface area (Å²) in [5.74, 6) is -0.933. The van der Waals surface area contributed by atoms with Gasteiger partial charge >= 0.3 is 5.97 Å². The van der Waals surface area contributed by atoms with Gasteiger partial charge < -0.3 is 10.4 Å². The Kier molecular flexibility index (Phi) is 3.86. The molecule has 0 saturated heterocycles. The summed E-state index contributed by atoms with van der Waals surface area (Å²) in [6, 6.07) is 12.3. The third-order valence-corrected chi connectivity index (χ3v) is 5.43. The van der Waals surface area contributed by atoms with E-state index in [-0.39, 0.29) is 30.0 Å². The second kappa shape index (κ2) is 6.09. The molecule has 2 N–H and O–H groups in total. The molecule has 0 aliphatic heterocycles. The summed E-state index contributed by atoms with van der Waals surface area (Å²) in [7, 11) is 0. The van der Waals surface area contributed by atoms with Crippen molar-refractivity contribution in [1.29, 1.82) is 0 Å². The van der Waals surface area contributed by atoms with Gasteiger partial charge in [-0.15, -0.1) is 0 Å². The normalized spacial score (nSPS) is 26.2. The summed E-state index contributed by atoms with van der Waals surface area (Å²) in [4.78, 5) is 35.7. The van der Waals surface area contributed by atoms with Gasteiger partial charge in [0, 0.05) is 17.7 Å². The van der Waals surface area contributed by atoms with Crippen molar-refractivity contribution in [2.24, 2.45) is 11.3 Å². The molecule has 2 saturated carbocycles. The SMILES string of the molecule is O=C(Cn1nc(-c2ccccc2)ccc1=O)N[C@H]1C[C@@H]2C[C@]2(C(=O)O)C1. The summed E-state index contributed by atoms with van der Waals surface area (Å²) in [6.45, 7) is -0.180. The number of nitrogens with zero attached hydrogens (tertiary/aromatic N) is 2. The van der Waals surface area contributed by atoms with Crippen molar-refractivity contribution in [2.75, 3.05) is 0 Å². The fourth-order valence-electron chi connectivity index (χ4n) is 4.00. The monoisotopic (exact) mass is 353 g/mol. The highest BCUT2D eigenvalue weighted by molar-refractivity contribution is 5.80. The summed E-state index contributed by atoms with van der Waals surface area (Å²) in [5.41, 5.74) is 0.488. The van der Waals surface area contributed by atoms with Gasteiger partial charge in [-0.1, -0.05) is 30.3 Å². The number of carbonyl (C=O) groups is 2. The van der Waals surface area contributed by atoms with E-state index in [9.17, 15) is 19.5 Å². The number of rotatable bonds is 5. The lowest BCUT2D eigenvalue weighted by molar-refractivity contribution is -0.143. The average molecular weight is 353 g/mol. The minimum Gasteiger partial charge on any atom is -0.481 e. The van der Waals surface area contributed by atoms with Gasteiger partial charge in [-0.05, 0) is 31.2 Å². The van der Waals surface area contributed by atoms with E-state index in [0.29, 0.717) is 25.0 Å². The van der Waals surface area contributed by atoms with Gasteiger partial charge in [0.15, 0.2) is 0 Å². The number of fused-ring (bicyclic) bond motifs is 1. The van der Waals surface area contributed by atoms with E-state index in [1.165, 1.54) is 6.07 Å². The fourth-order valence-corrected chi connectivity index (χ4v) is 4.00. The maximum absolute atomic E-state index is 12.3. The van der Waals surface area contributed by atoms with Gasteiger partial charge in [-0.25, -0.2) is 4.68 Å². The van der Waals surface area contributed by atoms with Crippen LogP contribution in [0.5, 0.6) is 0 Å². The van der Waals surface area contributed by atoms with Crippen LogP contribution in [0.4, 0.5) is 0 Å². The molecule has 0 bridgehead atoms. The molecule has 1 heterocycles. The molecule has 2 aliphatic rings. The third kappa shape index (κ3) is 2.89. The molecule has 4 rings (SSSR count). The van der Waals surface area contributed by atoms with Crippen LogP contribution in [0, 0.1) is 11.3 Å². The lowest BCUT2D eigenvalue weighted by Gasteiger charge is -2.16. The van der Waals surface area contributed by atoms with Crippen LogP contribution in [0.15, 0.2) is 47.3 Å². The molecule has 26 heavy (non-hydrogen) atoms. The Bertz CT molecular complexity index is 924. The Morgan fingerprint density at radius 2 is 1.96 bits per heavy atom. The van der Waals surface area contributed by atoms with Gasteiger partial charge in [0.1, 0.15) is 6.54 Å². The number of carboxylic acids is 1. The number of benzene rings is 1. The van der Waals surface area contributed by atoms with Gasteiger partial charge in [-0.3, -0.25) is 14.4 Å². The molecular formula is C19H19N3O4. The Morgan fingerprint density at radius 1 is 1.19 bits per heavy atom. The largest absolute Gasteiger partial charge is 0.481 e. The van der Waals surface area contributed by atoms with Gasteiger partial charge in [0.2, 0.25) is 5.91 Å². The first kappa shape index (κ1) is 16.5. The Labute approximate surface area is 149 Å². The predicted molar refractivity (Wildman–Crippen MR) is 93.3 cm³/mol. The van der Waals surface area contributed by atoms with Crippen molar-refractivity contribution in [2.45, 2.75) is 31.8 Å². The lowest BCUT2D eigenvalue weighted by Crippen LogP contribution is -2.39. The highest BCUT2D eigenvalue weighted by atomic mass is 16.4. The van der Waals surface area contributed by atoms with Crippen LogP contribution in [-0.4, -0.2) is 32.8 Å². The van der Waals surface area contributed by atoms with E-state index >= 15 is 0 Å². The molecule has 0 radical (unpaired) electrons. The zero-order chi connectivity index (χ0) is 18.3. The van der Waals surface area contributed by atoms with Gasteiger partial charge in [0.25, 0.3) is 5.56 Å². The molecule has 1 amide bonds. The molecule has 0 spiro atoms. The van der Waals surface area contributed by atoms with E-state index in [2.05, 4.69) is 10.4 Å². The van der Waals surface area contributed by atoms with E-state index in [1.54, 1.807) is 6.07 Å². The summed E-state index contributed by atoms with van der Waals surface area (Å²) in [6.07, 6.45) is 1.85. The fraction of sp³-hybridized carbons (Fsp3) is 0.368. The van der Waals surface area contributed by atoms with E-state index in [4.69, 9.17) is 0 Å². The number of hydrogen-bond donors (Lipinski definition) is 2. The van der Waals surface area contributed by atoms with Crippen LogP contribution in [0.1, 0.15) is 19.3 Å². The zero-order valence-electron chi connectivity index (χ0n) is 14.1. The minimum absolute atomic E-state index is 0.148. The first-order valence-corrected chi connectivity index (χ1v) is 8.64. The number of carboxylic acid groups (broad SMARTS) is 1. The van der Waals surface area contributed by atoms with Crippen molar-refractivity contribution in [3.05, 3.63) is 52.8 Å². The number of carbonyl (C=O) groups excluding carboxylic acids is 1. The quantitative estimate of drug-likeness (QED) is 0.843. The number of aromatic nitrogens is 2. The molecule has 1 aromatic heterocycles. The average Bonchev–Trinajstić information content (AvgIpc) is 3.20. The Morgan fingerprint density at radius 3 is 2.65 bits per heavy atom. The summed E-state index contributed by atoms with van der Waals surface area (Å²) >= 11 is 0. The molecule has 2 aliphatic carbocycles. The molecule has 1 aromatic carbocycles. The second-order valence-corrected chi connectivity index (χ2v) is 7.15. The van der Waals surface area contributed by atoms with Crippen LogP contribution in [0.2, 0.25) is 0 Å². The van der Waals surface area contributed by atoms with Crippen molar-refractivity contribution >= 4 is 11.9 Å². The van der Waals surface area contributed by atoms with Crippen LogP contribution in [-0.2, 0) is 16.1 Å². The smallest absolute Gasteiger partial charge is 0.310 e. The molecule has 2 fully saturated rings. The van der Waals surface area contributed by atoms with Crippen molar-refractivity contribution in [1.82, 2.24) is 15.1 Å². The minimum atomic E-state index is -0.771. The van der Waals surface area contributed by atoms with E-state index < -0.39 is 11.4 Å². The molecule has 134 valence electrons. The maximum atomic E-state index is 12.3. The van der Waals surface area contributed by atoms with Crippen LogP contribution in [0.25, 0.3) is 11.3 Å². The van der Waals surface area contributed by atoms with Gasteiger partial charge in [-0.2, -0.15) is 5.10 Å². The van der Waals surface area contributed by atoms with E-state index in [1.807, 2.05) is 30.3 Å². The van der Waals surface area contributed by atoms with Crippen molar-refractivity contribution in [3.63, 3.8) is 0 Å². The maximum Gasteiger partial charge on any atom is 0.310 e. The summed E-state index contributed by atoms with van der Waals surface area (Å²) < 4.78 is 1.14. The predicted octanol–water partition coefficient (Wildman–Crippen LogP) is 1.28. The number of amides is 1. The molecular weight excluding hydrogens is 334 g/mol.